The maximum Gasteiger partial charge on any atom is 0.220 e. The summed E-state index contributed by atoms with van der Waals surface area (Å²) in [6.07, 6.45) is 6.64. The van der Waals surface area contributed by atoms with E-state index < -0.39 is 10.0 Å². The van der Waals surface area contributed by atoms with E-state index in [2.05, 4.69) is 17.5 Å². The highest BCUT2D eigenvalue weighted by molar-refractivity contribution is 7.89. The van der Waals surface area contributed by atoms with Gasteiger partial charge >= 0.3 is 0 Å². The van der Waals surface area contributed by atoms with Crippen molar-refractivity contribution in [3.8, 4) is 0 Å². The van der Waals surface area contributed by atoms with E-state index in [-0.39, 0.29) is 18.2 Å². The Morgan fingerprint density at radius 1 is 1.47 bits per heavy atom. The van der Waals surface area contributed by atoms with Gasteiger partial charge in [0, 0.05) is 27.1 Å². The van der Waals surface area contributed by atoms with Crippen molar-refractivity contribution in [2.24, 2.45) is 5.92 Å². The van der Waals surface area contributed by atoms with Gasteiger partial charge in [-0.2, -0.15) is 0 Å². The lowest BCUT2D eigenvalue weighted by atomic mass is 10.1. The number of hydrogen-bond acceptors (Lipinski definition) is 3. The summed E-state index contributed by atoms with van der Waals surface area (Å²) in [5, 5.41) is 2.64. The lowest BCUT2D eigenvalue weighted by molar-refractivity contribution is -0.121. The molecule has 0 aromatic rings. The third kappa shape index (κ3) is 4.87. The summed E-state index contributed by atoms with van der Waals surface area (Å²) < 4.78 is 24.0. The average molecular weight is 260 g/mol. The zero-order chi connectivity index (χ0) is 12.9. The lowest BCUT2D eigenvalue weighted by Gasteiger charge is -2.12. The van der Waals surface area contributed by atoms with Crippen LogP contribution in [-0.4, -0.2) is 45.0 Å². The predicted molar refractivity (Wildman–Crippen MR) is 67.0 cm³/mol. The minimum Gasteiger partial charge on any atom is -0.355 e. The van der Waals surface area contributed by atoms with Crippen molar-refractivity contribution >= 4 is 15.9 Å². The average Bonchev–Trinajstić information content (AvgIpc) is 2.69. The number of rotatable bonds is 6. The lowest BCUT2D eigenvalue weighted by Crippen LogP contribution is -2.34. The molecule has 1 amide bonds. The Morgan fingerprint density at radius 2 is 2.18 bits per heavy atom. The first kappa shape index (κ1) is 14.2. The highest BCUT2D eigenvalue weighted by atomic mass is 32.2. The monoisotopic (exact) mass is 260 g/mol. The fourth-order valence-electron chi connectivity index (χ4n) is 1.68. The Kier molecular flexibility index (Phi) is 5.14. The Labute approximate surface area is 103 Å². The van der Waals surface area contributed by atoms with Crippen LogP contribution in [0.25, 0.3) is 0 Å². The maximum absolute atomic E-state index is 11.5. The van der Waals surface area contributed by atoms with Gasteiger partial charge in [-0.05, 0) is 18.8 Å². The normalized spacial score (nSPS) is 19.8. The van der Waals surface area contributed by atoms with Crippen LogP contribution in [-0.2, 0) is 14.8 Å². The molecule has 1 aliphatic rings. The van der Waals surface area contributed by atoms with Crippen LogP contribution in [0.1, 0.15) is 19.3 Å². The Hall–Kier alpha value is -0.880. The summed E-state index contributed by atoms with van der Waals surface area (Å²) >= 11 is 0. The molecule has 0 aromatic heterocycles. The first-order valence-corrected chi connectivity index (χ1v) is 7.36. The van der Waals surface area contributed by atoms with E-state index in [4.69, 9.17) is 0 Å². The molecule has 0 spiro atoms. The molecule has 6 heteroatoms. The molecular weight excluding hydrogens is 240 g/mol. The number of hydrogen-bond donors (Lipinski definition) is 1. The van der Waals surface area contributed by atoms with Gasteiger partial charge in [0.15, 0.2) is 0 Å². The van der Waals surface area contributed by atoms with E-state index in [9.17, 15) is 13.2 Å². The van der Waals surface area contributed by atoms with Crippen LogP contribution in [0.3, 0.4) is 0 Å². The first-order chi connectivity index (χ1) is 7.92. The summed E-state index contributed by atoms with van der Waals surface area (Å²) in [5.74, 6) is 0.197. The van der Waals surface area contributed by atoms with Crippen molar-refractivity contribution in [1.29, 1.82) is 0 Å². The molecule has 0 saturated carbocycles. The van der Waals surface area contributed by atoms with Crippen LogP contribution < -0.4 is 5.32 Å². The van der Waals surface area contributed by atoms with Crippen LogP contribution in [0.15, 0.2) is 12.2 Å². The Balaban J connectivity index is 2.22. The molecule has 0 fully saturated rings. The van der Waals surface area contributed by atoms with Crippen LogP contribution in [0.5, 0.6) is 0 Å². The number of carbonyl (C=O) groups is 1. The molecular formula is C11H20N2O3S. The smallest absolute Gasteiger partial charge is 0.220 e. The van der Waals surface area contributed by atoms with Gasteiger partial charge in [0.2, 0.25) is 15.9 Å². The van der Waals surface area contributed by atoms with Gasteiger partial charge < -0.3 is 5.32 Å². The maximum atomic E-state index is 11.5. The summed E-state index contributed by atoms with van der Waals surface area (Å²) in [6, 6.07) is 0. The van der Waals surface area contributed by atoms with E-state index in [0.29, 0.717) is 12.3 Å². The van der Waals surface area contributed by atoms with Gasteiger partial charge in [0.05, 0.1) is 5.75 Å². The number of allylic oxidation sites excluding steroid dienone is 2. The molecule has 0 heterocycles. The fraction of sp³-hybridized carbons (Fsp3) is 0.727. The number of amides is 1. The molecule has 98 valence electrons. The quantitative estimate of drug-likeness (QED) is 0.701. The van der Waals surface area contributed by atoms with Crippen molar-refractivity contribution in [2.75, 3.05) is 26.4 Å². The number of carbonyl (C=O) groups excluding carboxylic acids is 1. The first-order valence-electron chi connectivity index (χ1n) is 5.75. The zero-order valence-electron chi connectivity index (χ0n) is 10.3. The van der Waals surface area contributed by atoms with Crippen molar-refractivity contribution in [1.82, 2.24) is 9.62 Å². The predicted octanol–water partition coefficient (Wildman–Crippen LogP) is 0.350. The second-order valence-corrected chi connectivity index (χ2v) is 6.72. The standard InChI is InChI=1S/C11H20N2O3S/c1-13(2)17(15,16)8-7-12-11(14)9-10-5-3-4-6-10/h3,5,10H,4,6-9H2,1-2H3,(H,12,14). The van der Waals surface area contributed by atoms with E-state index in [0.717, 1.165) is 12.8 Å². The second kappa shape index (κ2) is 6.16. The summed E-state index contributed by atoms with van der Waals surface area (Å²) in [6.45, 7) is 0.176. The third-order valence-corrected chi connectivity index (χ3v) is 4.63. The second-order valence-electron chi connectivity index (χ2n) is 4.42. The topological polar surface area (TPSA) is 66.5 Å². The molecule has 0 aromatic carbocycles. The molecule has 0 radical (unpaired) electrons. The fourth-order valence-corrected chi connectivity index (χ4v) is 2.40. The molecule has 5 nitrogen and oxygen atoms in total. The molecule has 0 aliphatic heterocycles. The van der Waals surface area contributed by atoms with Crippen LogP contribution in [0.4, 0.5) is 0 Å². The summed E-state index contributed by atoms with van der Waals surface area (Å²) in [4.78, 5) is 11.5. The number of nitrogens with zero attached hydrogens (tertiary/aromatic N) is 1. The molecule has 1 rings (SSSR count). The molecule has 1 aliphatic carbocycles. The number of sulfonamides is 1. The highest BCUT2D eigenvalue weighted by Gasteiger charge is 2.16. The third-order valence-electron chi connectivity index (χ3n) is 2.80. The van der Waals surface area contributed by atoms with Gasteiger partial charge in [0.25, 0.3) is 0 Å². The summed E-state index contributed by atoms with van der Waals surface area (Å²) in [5.41, 5.74) is 0. The van der Waals surface area contributed by atoms with Gasteiger partial charge in [0.1, 0.15) is 0 Å². The van der Waals surface area contributed by atoms with Crippen LogP contribution in [0, 0.1) is 5.92 Å². The van der Waals surface area contributed by atoms with Crippen molar-refractivity contribution < 1.29 is 13.2 Å². The molecule has 1 unspecified atom stereocenters. The van der Waals surface area contributed by atoms with E-state index in [1.165, 1.54) is 18.4 Å². The van der Waals surface area contributed by atoms with Crippen molar-refractivity contribution in [3.05, 3.63) is 12.2 Å². The molecule has 1 N–H and O–H groups in total. The minimum atomic E-state index is -3.22. The van der Waals surface area contributed by atoms with Crippen molar-refractivity contribution in [2.45, 2.75) is 19.3 Å². The SMILES string of the molecule is CN(C)S(=O)(=O)CCNC(=O)CC1C=CCC1. The van der Waals surface area contributed by atoms with Crippen LogP contribution >= 0.6 is 0 Å². The summed E-state index contributed by atoms with van der Waals surface area (Å²) in [7, 11) is -0.243. The largest absolute Gasteiger partial charge is 0.355 e. The Morgan fingerprint density at radius 3 is 2.71 bits per heavy atom. The van der Waals surface area contributed by atoms with Crippen LogP contribution in [0.2, 0.25) is 0 Å². The minimum absolute atomic E-state index is 0.0494. The van der Waals surface area contributed by atoms with Gasteiger partial charge in [-0.1, -0.05) is 12.2 Å². The number of nitrogens with one attached hydrogen (secondary N) is 1. The molecule has 0 saturated heterocycles. The van der Waals surface area contributed by atoms with E-state index in [1.54, 1.807) is 0 Å². The molecule has 0 bridgehead atoms. The zero-order valence-corrected chi connectivity index (χ0v) is 11.2. The van der Waals surface area contributed by atoms with E-state index >= 15 is 0 Å². The van der Waals surface area contributed by atoms with Gasteiger partial charge in [-0.25, -0.2) is 12.7 Å². The molecule has 1 atom stereocenters. The molecule has 17 heavy (non-hydrogen) atoms. The van der Waals surface area contributed by atoms with Crippen molar-refractivity contribution in [3.63, 3.8) is 0 Å². The Bertz CT molecular complexity index is 388. The van der Waals surface area contributed by atoms with Gasteiger partial charge in [-0.3, -0.25) is 4.79 Å². The van der Waals surface area contributed by atoms with E-state index in [1.807, 2.05) is 0 Å². The van der Waals surface area contributed by atoms with Gasteiger partial charge in [-0.15, -0.1) is 0 Å². The highest BCUT2D eigenvalue weighted by Crippen LogP contribution is 2.19.